The Morgan fingerprint density at radius 1 is 1.58 bits per heavy atom. The number of rotatable bonds is 2. The summed E-state index contributed by atoms with van der Waals surface area (Å²) in [4.78, 5) is 6.87. The normalized spacial score (nSPS) is 10.4. The highest BCUT2D eigenvalue weighted by Gasteiger charge is 2.04. The van der Waals surface area contributed by atoms with E-state index < -0.39 is 0 Å². The van der Waals surface area contributed by atoms with Crippen LogP contribution in [-0.4, -0.2) is 20.2 Å². The summed E-state index contributed by atoms with van der Waals surface area (Å²) < 4.78 is 4.64. The van der Waals surface area contributed by atoms with Gasteiger partial charge in [-0.2, -0.15) is 0 Å². The van der Waals surface area contributed by atoms with Crippen LogP contribution in [0.15, 0.2) is 23.0 Å². The summed E-state index contributed by atoms with van der Waals surface area (Å²) >= 11 is 0. The number of aromatic amines is 1. The summed E-state index contributed by atoms with van der Waals surface area (Å²) in [5.74, 6) is 0.604. The summed E-state index contributed by atoms with van der Waals surface area (Å²) in [6.45, 7) is -0.0507. The molecule has 5 heteroatoms. The number of aliphatic hydroxyl groups excluding tert-OH is 1. The highest BCUT2D eigenvalue weighted by atomic mass is 16.5. The molecule has 2 aromatic heterocycles. The Hall–Kier alpha value is -1.62. The number of aliphatic hydroxyl groups is 1. The number of H-pyrrole nitrogens is 1. The molecule has 2 N–H and O–H groups in total. The third kappa shape index (κ3) is 1.10. The Balaban J connectivity index is 2.35. The molecule has 0 aliphatic heterocycles. The average Bonchev–Trinajstić information content (AvgIpc) is 2.75. The highest BCUT2D eigenvalue weighted by Crippen LogP contribution is 2.11. The molecule has 0 amide bonds. The molecule has 5 nitrogen and oxygen atoms in total. The molecule has 2 aromatic rings. The van der Waals surface area contributed by atoms with Crippen LogP contribution in [0.3, 0.4) is 0 Å². The molecule has 62 valence electrons. The van der Waals surface area contributed by atoms with E-state index in [0.717, 1.165) is 0 Å². The second-order valence-electron chi connectivity index (χ2n) is 2.30. The van der Waals surface area contributed by atoms with Gasteiger partial charge in [-0.3, -0.25) is 0 Å². The van der Waals surface area contributed by atoms with Crippen LogP contribution in [0.25, 0.3) is 11.5 Å². The van der Waals surface area contributed by atoms with Crippen molar-refractivity contribution >= 4 is 0 Å². The first-order chi connectivity index (χ1) is 5.90. The van der Waals surface area contributed by atoms with E-state index in [0.29, 0.717) is 17.2 Å². The lowest BCUT2D eigenvalue weighted by molar-refractivity contribution is 0.277. The van der Waals surface area contributed by atoms with E-state index >= 15 is 0 Å². The van der Waals surface area contributed by atoms with Gasteiger partial charge in [0, 0.05) is 6.07 Å². The van der Waals surface area contributed by atoms with Gasteiger partial charge in [0.15, 0.2) is 5.82 Å². The minimum atomic E-state index is -0.0507. The van der Waals surface area contributed by atoms with Gasteiger partial charge in [0.05, 0.1) is 18.5 Å². The fourth-order valence-corrected chi connectivity index (χ4v) is 0.904. The van der Waals surface area contributed by atoms with Crippen LogP contribution in [0.1, 0.15) is 5.69 Å². The van der Waals surface area contributed by atoms with Crippen molar-refractivity contribution in [1.82, 2.24) is 15.1 Å². The van der Waals surface area contributed by atoms with Crippen LogP contribution in [0, 0.1) is 0 Å². The van der Waals surface area contributed by atoms with Crippen molar-refractivity contribution in [2.45, 2.75) is 6.61 Å². The molecule has 0 saturated heterocycles. The predicted octanol–water partition coefficient (Wildman–Crippen LogP) is 0.557. The molecule has 0 unspecified atom stereocenters. The van der Waals surface area contributed by atoms with E-state index in [4.69, 9.17) is 5.11 Å². The van der Waals surface area contributed by atoms with Crippen LogP contribution in [0.4, 0.5) is 0 Å². The maximum Gasteiger partial charge on any atom is 0.159 e. The third-order valence-corrected chi connectivity index (χ3v) is 1.48. The first-order valence-corrected chi connectivity index (χ1v) is 3.45. The number of imidazole rings is 1. The van der Waals surface area contributed by atoms with Crippen molar-refractivity contribution in [3.63, 3.8) is 0 Å². The average molecular weight is 165 g/mol. The molecule has 0 bridgehead atoms. The zero-order valence-electron chi connectivity index (χ0n) is 6.19. The number of hydrogen-bond donors (Lipinski definition) is 2. The van der Waals surface area contributed by atoms with Crippen molar-refractivity contribution in [3.8, 4) is 11.5 Å². The largest absolute Gasteiger partial charge is 0.390 e. The van der Waals surface area contributed by atoms with E-state index in [1.165, 1.54) is 6.26 Å². The first-order valence-electron chi connectivity index (χ1n) is 3.45. The summed E-state index contributed by atoms with van der Waals surface area (Å²) in [6.07, 6.45) is 3.03. The Morgan fingerprint density at radius 3 is 3.08 bits per heavy atom. The van der Waals surface area contributed by atoms with Crippen molar-refractivity contribution in [2.24, 2.45) is 0 Å². The third-order valence-electron chi connectivity index (χ3n) is 1.48. The number of hydrogen-bond acceptors (Lipinski definition) is 4. The smallest absolute Gasteiger partial charge is 0.159 e. The topological polar surface area (TPSA) is 74.9 Å². The molecule has 0 aliphatic rings. The minimum Gasteiger partial charge on any atom is -0.390 e. The fourth-order valence-electron chi connectivity index (χ4n) is 0.904. The summed E-state index contributed by atoms with van der Waals surface area (Å²) in [6, 6.07) is 1.69. The maximum atomic E-state index is 8.73. The van der Waals surface area contributed by atoms with Gasteiger partial charge in [0.2, 0.25) is 0 Å². The number of aromatic nitrogens is 3. The minimum absolute atomic E-state index is 0.0507. The molecule has 0 spiro atoms. The predicted molar refractivity (Wildman–Crippen MR) is 40.0 cm³/mol. The van der Waals surface area contributed by atoms with E-state index in [-0.39, 0.29) is 6.61 Å². The van der Waals surface area contributed by atoms with Crippen molar-refractivity contribution in [2.75, 3.05) is 0 Å². The van der Waals surface area contributed by atoms with Gasteiger partial charge in [0.1, 0.15) is 12.0 Å². The van der Waals surface area contributed by atoms with Gasteiger partial charge in [-0.15, -0.1) is 0 Å². The molecule has 12 heavy (non-hydrogen) atoms. The molecular formula is C7H7N3O2. The maximum absolute atomic E-state index is 8.73. The second-order valence-corrected chi connectivity index (χ2v) is 2.30. The zero-order chi connectivity index (χ0) is 8.39. The standard InChI is InChI=1S/C7H7N3O2/c11-4-5-3-8-7(9-5)6-1-2-12-10-6/h1-3,11H,4H2,(H,8,9). The SMILES string of the molecule is OCc1cnc(-c2ccon2)[nH]1. The summed E-state index contributed by atoms with van der Waals surface area (Å²) in [5, 5.41) is 12.4. The number of nitrogens with zero attached hydrogens (tertiary/aromatic N) is 2. The molecule has 0 fully saturated rings. The van der Waals surface area contributed by atoms with E-state index in [2.05, 4.69) is 19.6 Å². The zero-order valence-corrected chi connectivity index (χ0v) is 6.19. The van der Waals surface area contributed by atoms with E-state index in [1.54, 1.807) is 12.3 Å². The lowest BCUT2D eigenvalue weighted by Gasteiger charge is -1.86. The Labute approximate surface area is 68.0 Å². The lowest BCUT2D eigenvalue weighted by atomic mass is 10.4. The van der Waals surface area contributed by atoms with Crippen LogP contribution < -0.4 is 0 Å². The second kappa shape index (κ2) is 2.78. The van der Waals surface area contributed by atoms with Gasteiger partial charge >= 0.3 is 0 Å². The summed E-state index contributed by atoms with van der Waals surface area (Å²) in [7, 11) is 0. The van der Waals surface area contributed by atoms with Crippen LogP contribution in [-0.2, 0) is 6.61 Å². The molecule has 0 radical (unpaired) electrons. The Morgan fingerprint density at radius 2 is 2.50 bits per heavy atom. The van der Waals surface area contributed by atoms with Gasteiger partial charge in [-0.05, 0) is 0 Å². The molecule has 0 aliphatic carbocycles. The Bertz CT molecular complexity index is 352. The van der Waals surface area contributed by atoms with Crippen molar-refractivity contribution in [3.05, 3.63) is 24.2 Å². The van der Waals surface area contributed by atoms with Crippen LogP contribution >= 0.6 is 0 Å². The monoisotopic (exact) mass is 165 g/mol. The van der Waals surface area contributed by atoms with Gasteiger partial charge in [-0.1, -0.05) is 5.16 Å². The fraction of sp³-hybridized carbons (Fsp3) is 0.143. The molecular weight excluding hydrogens is 158 g/mol. The van der Waals surface area contributed by atoms with Crippen LogP contribution in [0.2, 0.25) is 0 Å². The number of nitrogens with one attached hydrogen (secondary N) is 1. The molecule has 0 aromatic carbocycles. The molecule has 2 heterocycles. The molecule has 0 atom stereocenters. The Kier molecular flexibility index (Phi) is 1.64. The molecule has 2 rings (SSSR count). The van der Waals surface area contributed by atoms with Crippen molar-refractivity contribution < 1.29 is 9.63 Å². The highest BCUT2D eigenvalue weighted by molar-refractivity contribution is 5.47. The van der Waals surface area contributed by atoms with Crippen LogP contribution in [0.5, 0.6) is 0 Å². The van der Waals surface area contributed by atoms with Gasteiger partial charge < -0.3 is 14.6 Å². The van der Waals surface area contributed by atoms with E-state index in [1.807, 2.05) is 0 Å². The molecule has 0 saturated carbocycles. The first kappa shape index (κ1) is 7.05. The van der Waals surface area contributed by atoms with Gasteiger partial charge in [-0.25, -0.2) is 4.98 Å². The van der Waals surface area contributed by atoms with Gasteiger partial charge in [0.25, 0.3) is 0 Å². The van der Waals surface area contributed by atoms with E-state index in [9.17, 15) is 0 Å². The lowest BCUT2D eigenvalue weighted by Crippen LogP contribution is -1.82. The summed E-state index contributed by atoms with van der Waals surface area (Å²) in [5.41, 5.74) is 1.29. The van der Waals surface area contributed by atoms with Crippen molar-refractivity contribution in [1.29, 1.82) is 0 Å². The quantitative estimate of drug-likeness (QED) is 0.681.